The number of H-pyrrole nitrogens is 1. The Hall–Kier alpha value is -1.50. The first-order valence-electron chi connectivity index (χ1n) is 16.0. The average molecular weight is 512 g/mol. The molecule has 0 saturated heterocycles. The lowest BCUT2D eigenvalue weighted by atomic mass is 9.32. The van der Waals surface area contributed by atoms with Crippen LogP contribution in [-0.2, 0) is 11.8 Å². The summed E-state index contributed by atoms with van der Waals surface area (Å²) in [7, 11) is 0. The van der Waals surface area contributed by atoms with E-state index in [9.17, 15) is 0 Å². The van der Waals surface area contributed by atoms with Gasteiger partial charge in [0.1, 0.15) is 0 Å². The van der Waals surface area contributed by atoms with Crippen LogP contribution in [0, 0.1) is 58.2 Å². The van der Waals surface area contributed by atoms with Crippen molar-refractivity contribution in [1.29, 1.82) is 0 Å². The summed E-state index contributed by atoms with van der Waals surface area (Å²) in [5, 5.41) is 1.50. The summed E-state index contributed by atoms with van der Waals surface area (Å²) in [6.45, 7) is 25.3. The number of rotatable bonds is 1. The maximum absolute atomic E-state index is 4.54. The molecule has 0 bridgehead atoms. The number of hydrogen-bond acceptors (Lipinski definition) is 0. The number of hydrogen-bond donors (Lipinski definition) is 1. The molecule has 0 unspecified atom stereocenters. The Morgan fingerprint density at radius 1 is 0.868 bits per heavy atom. The predicted octanol–water partition coefficient (Wildman–Crippen LogP) is 10.2. The normalized spacial score (nSPS) is 47.0. The molecule has 0 aliphatic heterocycles. The molecule has 38 heavy (non-hydrogen) atoms. The van der Waals surface area contributed by atoms with E-state index in [1.165, 1.54) is 79.8 Å². The molecule has 4 fully saturated rings. The van der Waals surface area contributed by atoms with E-state index >= 15 is 0 Å². The standard InChI is InChI=1S/C37H53N/c1-22(2)24-14-16-34(6)18-19-36(8)27(31(24)34)11-13-30-35(7)21-26-25-20-23(3)10-12-28(25)38-32(26)33(4,5)29(35)15-17-37(30,36)9/h10,12,20,24,27,29-31,38H,1,11,13-19,21H2,2-9H3/t24-,27+,29-,30+,31+,34+,35-,36+,37+/m0/s1. The van der Waals surface area contributed by atoms with Crippen LogP contribution in [0.15, 0.2) is 30.4 Å². The van der Waals surface area contributed by atoms with Gasteiger partial charge in [-0.3, -0.25) is 0 Å². The maximum Gasteiger partial charge on any atom is 0.0459 e. The summed E-state index contributed by atoms with van der Waals surface area (Å²) in [6, 6.07) is 7.08. The molecular weight excluding hydrogens is 458 g/mol. The van der Waals surface area contributed by atoms with Crippen molar-refractivity contribution in [3.05, 3.63) is 47.2 Å². The van der Waals surface area contributed by atoms with Crippen LogP contribution in [0.5, 0.6) is 0 Å². The Kier molecular flexibility index (Phi) is 5.10. The van der Waals surface area contributed by atoms with Gasteiger partial charge < -0.3 is 4.98 Å². The zero-order valence-electron chi connectivity index (χ0n) is 25.7. The van der Waals surface area contributed by atoms with Gasteiger partial charge in [-0.25, -0.2) is 0 Å². The third-order valence-corrected chi connectivity index (χ3v) is 14.9. The third kappa shape index (κ3) is 2.90. The zero-order chi connectivity index (χ0) is 27.0. The number of nitrogens with one attached hydrogen (secondary N) is 1. The Balaban J connectivity index is 1.33. The van der Waals surface area contributed by atoms with Crippen molar-refractivity contribution in [1.82, 2.24) is 4.98 Å². The molecule has 1 nitrogen and oxygen atoms in total. The third-order valence-electron chi connectivity index (χ3n) is 14.9. The van der Waals surface area contributed by atoms with Gasteiger partial charge in [-0.15, -0.1) is 0 Å². The number of fused-ring (bicyclic) bond motifs is 10. The minimum atomic E-state index is 0.190. The highest BCUT2D eigenvalue weighted by Crippen LogP contribution is 2.77. The number of aromatic nitrogens is 1. The molecule has 4 saturated carbocycles. The molecule has 206 valence electrons. The lowest BCUT2D eigenvalue weighted by Crippen LogP contribution is -2.66. The van der Waals surface area contributed by atoms with Crippen LogP contribution >= 0.6 is 0 Å². The number of aromatic amines is 1. The lowest BCUT2D eigenvalue weighted by molar-refractivity contribution is -0.223. The van der Waals surface area contributed by atoms with Gasteiger partial charge in [0.2, 0.25) is 0 Å². The molecular formula is C37H53N. The van der Waals surface area contributed by atoms with E-state index < -0.39 is 0 Å². The number of benzene rings is 1. The van der Waals surface area contributed by atoms with Gasteiger partial charge in [0.25, 0.3) is 0 Å². The average Bonchev–Trinajstić information content (AvgIpc) is 3.38. The monoisotopic (exact) mass is 511 g/mol. The Bertz CT molecular complexity index is 1330. The summed E-state index contributed by atoms with van der Waals surface area (Å²) < 4.78 is 0. The van der Waals surface area contributed by atoms with E-state index in [-0.39, 0.29) is 5.41 Å². The van der Waals surface area contributed by atoms with Gasteiger partial charge >= 0.3 is 0 Å². The summed E-state index contributed by atoms with van der Waals surface area (Å²) in [6.07, 6.45) is 12.7. The van der Waals surface area contributed by atoms with Gasteiger partial charge in [-0.05, 0) is 141 Å². The molecule has 1 N–H and O–H groups in total. The van der Waals surface area contributed by atoms with Crippen LogP contribution in [-0.4, -0.2) is 4.98 Å². The Labute approximate surface area is 232 Å². The smallest absolute Gasteiger partial charge is 0.0459 e. The first kappa shape index (κ1) is 25.5. The van der Waals surface area contributed by atoms with Crippen molar-refractivity contribution in [2.45, 2.75) is 119 Å². The molecule has 5 aliphatic rings. The van der Waals surface area contributed by atoms with Gasteiger partial charge in [-0.1, -0.05) is 65.3 Å². The fourth-order valence-corrected chi connectivity index (χ4v) is 12.9. The first-order chi connectivity index (χ1) is 17.8. The van der Waals surface area contributed by atoms with E-state index in [0.29, 0.717) is 21.7 Å². The highest BCUT2D eigenvalue weighted by Gasteiger charge is 2.70. The van der Waals surface area contributed by atoms with E-state index in [2.05, 4.69) is 85.2 Å². The second-order valence-corrected chi connectivity index (χ2v) is 16.8. The van der Waals surface area contributed by atoms with Gasteiger partial charge in [-0.2, -0.15) is 0 Å². The molecule has 0 spiro atoms. The first-order valence-corrected chi connectivity index (χ1v) is 16.0. The molecule has 5 aliphatic carbocycles. The van der Waals surface area contributed by atoms with Crippen LogP contribution in [0.3, 0.4) is 0 Å². The number of allylic oxidation sites excluding steroid dienone is 1. The van der Waals surface area contributed by atoms with Crippen molar-refractivity contribution in [3.63, 3.8) is 0 Å². The van der Waals surface area contributed by atoms with Crippen LogP contribution < -0.4 is 0 Å². The Morgan fingerprint density at radius 2 is 1.63 bits per heavy atom. The summed E-state index contributed by atoms with van der Waals surface area (Å²) in [5.74, 6) is 4.04. The van der Waals surface area contributed by atoms with E-state index in [4.69, 9.17) is 0 Å². The van der Waals surface area contributed by atoms with Crippen molar-refractivity contribution >= 4 is 10.9 Å². The summed E-state index contributed by atoms with van der Waals surface area (Å²) in [4.78, 5) is 3.95. The van der Waals surface area contributed by atoms with Crippen LogP contribution in [0.4, 0.5) is 0 Å². The Morgan fingerprint density at radius 3 is 2.37 bits per heavy atom. The molecule has 0 radical (unpaired) electrons. The fourth-order valence-electron chi connectivity index (χ4n) is 12.9. The van der Waals surface area contributed by atoms with E-state index in [1.807, 2.05) is 0 Å². The minimum absolute atomic E-state index is 0.190. The van der Waals surface area contributed by atoms with Crippen molar-refractivity contribution < 1.29 is 0 Å². The van der Waals surface area contributed by atoms with Crippen LogP contribution in [0.1, 0.15) is 117 Å². The van der Waals surface area contributed by atoms with E-state index in [1.54, 1.807) is 11.3 Å². The van der Waals surface area contributed by atoms with Gasteiger partial charge in [0.05, 0.1) is 0 Å². The van der Waals surface area contributed by atoms with Crippen LogP contribution in [0.2, 0.25) is 0 Å². The molecule has 1 aromatic heterocycles. The SMILES string of the molecule is C=C(C)[C@@H]1CC[C@]2(C)CC[C@]3(C)[C@H](CC[C@@H]4[C@@]5(C)Cc6c([nH]c7ccc(C)cc67)C(C)(C)[C@@H]5CC[C@]43C)[C@@H]12. The predicted molar refractivity (Wildman–Crippen MR) is 161 cm³/mol. The second-order valence-electron chi connectivity index (χ2n) is 16.8. The van der Waals surface area contributed by atoms with Crippen molar-refractivity contribution in [3.8, 4) is 0 Å². The molecule has 1 heterocycles. The second kappa shape index (κ2) is 7.61. The van der Waals surface area contributed by atoms with Crippen molar-refractivity contribution in [2.75, 3.05) is 0 Å². The fraction of sp³-hybridized carbons (Fsp3) is 0.730. The quantitative estimate of drug-likeness (QED) is 0.367. The zero-order valence-corrected chi connectivity index (χ0v) is 25.7. The highest BCUT2D eigenvalue weighted by molar-refractivity contribution is 5.86. The van der Waals surface area contributed by atoms with Gasteiger partial charge in [0, 0.05) is 22.0 Å². The van der Waals surface area contributed by atoms with Crippen molar-refractivity contribution in [2.24, 2.45) is 51.2 Å². The highest BCUT2D eigenvalue weighted by atomic mass is 14.8. The molecule has 9 atom stereocenters. The maximum atomic E-state index is 4.54. The number of aryl methyl sites for hydroxylation is 1. The van der Waals surface area contributed by atoms with E-state index in [0.717, 1.165) is 29.6 Å². The molecule has 2 aromatic rings. The summed E-state index contributed by atoms with van der Waals surface area (Å²) >= 11 is 0. The molecule has 1 aromatic carbocycles. The topological polar surface area (TPSA) is 15.8 Å². The van der Waals surface area contributed by atoms with Gasteiger partial charge in [0.15, 0.2) is 0 Å². The van der Waals surface area contributed by atoms with Crippen LogP contribution in [0.25, 0.3) is 10.9 Å². The largest absolute Gasteiger partial charge is 0.358 e. The minimum Gasteiger partial charge on any atom is -0.358 e. The molecule has 0 amide bonds. The summed E-state index contributed by atoms with van der Waals surface area (Å²) in [5.41, 5.74) is 9.40. The molecule has 1 heteroatoms. The lowest BCUT2D eigenvalue weighted by Gasteiger charge is -2.72. The molecule has 7 rings (SSSR count).